The maximum absolute atomic E-state index is 12.2. The molecule has 2 rings (SSSR count). The molecule has 0 saturated carbocycles. The molecule has 0 spiro atoms. The molecule has 0 aromatic heterocycles. The van der Waals surface area contributed by atoms with Gasteiger partial charge in [0.15, 0.2) is 5.75 Å². The van der Waals surface area contributed by atoms with Crippen molar-refractivity contribution in [1.29, 1.82) is 0 Å². The summed E-state index contributed by atoms with van der Waals surface area (Å²) in [4.78, 5) is 23.8. The maximum atomic E-state index is 12.2. The summed E-state index contributed by atoms with van der Waals surface area (Å²) >= 11 is 0. The Morgan fingerprint density at radius 1 is 1.50 bits per heavy atom. The Bertz CT molecular complexity index is 716. The molecule has 1 saturated heterocycles. The Balaban J connectivity index is 2.07. The largest absolute Gasteiger partial charge is 0.490 e. The maximum Gasteiger partial charge on any atom is 0.310 e. The fourth-order valence-corrected chi connectivity index (χ4v) is 2.31. The van der Waals surface area contributed by atoms with Crippen LogP contribution in [-0.4, -0.2) is 56.7 Å². The van der Waals surface area contributed by atoms with Crippen molar-refractivity contribution in [3.63, 3.8) is 0 Å². The van der Waals surface area contributed by atoms with E-state index >= 15 is 0 Å². The molecule has 9 nitrogen and oxygen atoms in total. The summed E-state index contributed by atoms with van der Waals surface area (Å²) in [6.07, 6.45) is 0.933. The number of rotatable bonds is 6. The van der Waals surface area contributed by atoms with E-state index in [0.717, 1.165) is 6.26 Å². The van der Waals surface area contributed by atoms with Crippen molar-refractivity contribution in [2.45, 2.75) is 6.04 Å². The SMILES string of the molecule is COc1cc(C(=O)N2CC2COS(C)(=O)=O)ccc1[N+](=O)[O-]. The zero-order chi connectivity index (χ0) is 16.5. The average Bonchev–Trinajstić information content (AvgIpc) is 3.22. The lowest BCUT2D eigenvalue weighted by atomic mass is 10.1. The van der Waals surface area contributed by atoms with Gasteiger partial charge in [-0.2, -0.15) is 8.42 Å². The minimum atomic E-state index is -3.55. The summed E-state index contributed by atoms with van der Waals surface area (Å²) in [6, 6.07) is 3.49. The number of carbonyl (C=O) groups is 1. The lowest BCUT2D eigenvalue weighted by Crippen LogP contribution is -2.18. The molecule has 0 bridgehead atoms. The molecule has 1 aromatic rings. The monoisotopic (exact) mass is 330 g/mol. The second kappa shape index (κ2) is 5.89. The zero-order valence-corrected chi connectivity index (χ0v) is 12.7. The van der Waals surface area contributed by atoms with E-state index in [1.165, 1.54) is 30.2 Å². The molecular formula is C12H14N2O7S. The number of benzene rings is 1. The highest BCUT2D eigenvalue weighted by atomic mass is 32.2. The molecule has 0 N–H and O–H groups in total. The molecule has 1 fully saturated rings. The van der Waals surface area contributed by atoms with Crippen molar-refractivity contribution in [2.24, 2.45) is 0 Å². The molecule has 1 unspecified atom stereocenters. The van der Waals surface area contributed by atoms with Crippen molar-refractivity contribution in [3.05, 3.63) is 33.9 Å². The van der Waals surface area contributed by atoms with Crippen LogP contribution in [0, 0.1) is 10.1 Å². The van der Waals surface area contributed by atoms with Crippen LogP contribution in [0.15, 0.2) is 18.2 Å². The molecule has 1 aliphatic heterocycles. The van der Waals surface area contributed by atoms with Crippen LogP contribution >= 0.6 is 0 Å². The zero-order valence-electron chi connectivity index (χ0n) is 11.9. The summed E-state index contributed by atoms with van der Waals surface area (Å²) in [5.74, 6) is -0.378. The third-order valence-electron chi connectivity index (χ3n) is 3.07. The quantitative estimate of drug-likeness (QED) is 0.321. The second-order valence-corrected chi connectivity index (χ2v) is 6.39. The molecule has 22 heavy (non-hydrogen) atoms. The van der Waals surface area contributed by atoms with Crippen molar-refractivity contribution in [1.82, 2.24) is 4.90 Å². The Kier molecular flexibility index (Phi) is 4.33. The number of nitro benzene ring substituents is 1. The van der Waals surface area contributed by atoms with E-state index in [4.69, 9.17) is 4.74 Å². The van der Waals surface area contributed by atoms with Crippen LogP contribution in [0.2, 0.25) is 0 Å². The highest BCUT2D eigenvalue weighted by molar-refractivity contribution is 7.85. The van der Waals surface area contributed by atoms with Gasteiger partial charge in [0.05, 0.1) is 30.9 Å². The number of hydrogen-bond donors (Lipinski definition) is 0. The number of hydrogen-bond acceptors (Lipinski definition) is 7. The molecule has 1 aliphatic rings. The van der Waals surface area contributed by atoms with E-state index < -0.39 is 15.0 Å². The first kappa shape index (κ1) is 16.2. The Labute approximate surface area is 126 Å². The van der Waals surface area contributed by atoms with Gasteiger partial charge in [0.2, 0.25) is 0 Å². The van der Waals surface area contributed by atoms with Gasteiger partial charge in [-0.3, -0.25) is 19.1 Å². The molecule has 0 radical (unpaired) electrons. The Hall–Kier alpha value is -2.20. The van der Waals surface area contributed by atoms with E-state index in [1.807, 2.05) is 0 Å². The molecule has 1 aromatic carbocycles. The van der Waals surface area contributed by atoms with E-state index in [-0.39, 0.29) is 35.6 Å². The van der Waals surface area contributed by atoms with Crippen molar-refractivity contribution in [3.8, 4) is 5.75 Å². The molecule has 120 valence electrons. The molecular weight excluding hydrogens is 316 g/mol. The van der Waals surface area contributed by atoms with Gasteiger partial charge in [-0.05, 0) is 6.07 Å². The summed E-state index contributed by atoms with van der Waals surface area (Å²) in [6.45, 7) is 0.266. The van der Waals surface area contributed by atoms with Gasteiger partial charge in [-0.15, -0.1) is 0 Å². The average molecular weight is 330 g/mol. The Morgan fingerprint density at radius 3 is 2.73 bits per heavy atom. The van der Waals surface area contributed by atoms with E-state index in [9.17, 15) is 23.3 Å². The Morgan fingerprint density at radius 2 is 2.18 bits per heavy atom. The molecule has 10 heteroatoms. The van der Waals surface area contributed by atoms with Crippen LogP contribution in [0.25, 0.3) is 0 Å². The first-order valence-corrected chi connectivity index (χ1v) is 8.02. The fraction of sp³-hybridized carbons (Fsp3) is 0.417. The highest BCUT2D eigenvalue weighted by Gasteiger charge is 2.40. The highest BCUT2D eigenvalue weighted by Crippen LogP contribution is 2.30. The van der Waals surface area contributed by atoms with Crippen molar-refractivity contribution in [2.75, 3.05) is 26.5 Å². The predicted octanol–water partition coefficient (Wildman–Crippen LogP) is 0.404. The number of carbonyl (C=O) groups excluding carboxylic acids is 1. The first-order chi connectivity index (χ1) is 10.2. The molecule has 1 heterocycles. The fourth-order valence-electron chi connectivity index (χ4n) is 1.90. The smallest absolute Gasteiger partial charge is 0.310 e. The summed E-state index contributed by atoms with van der Waals surface area (Å²) in [7, 11) is -2.28. The van der Waals surface area contributed by atoms with Gasteiger partial charge in [-0.25, -0.2) is 0 Å². The standard InChI is InChI=1S/C12H14N2O7S/c1-20-11-5-8(3-4-10(11)14(16)17)12(15)13-6-9(13)7-21-22(2,18)19/h3-5,9H,6-7H2,1-2H3. The summed E-state index contributed by atoms with van der Waals surface area (Å²) in [5, 5.41) is 10.8. The summed E-state index contributed by atoms with van der Waals surface area (Å²) < 4.78 is 31.3. The van der Waals surface area contributed by atoms with Crippen LogP contribution in [-0.2, 0) is 14.3 Å². The van der Waals surface area contributed by atoms with Crippen LogP contribution in [0.3, 0.4) is 0 Å². The number of methoxy groups -OCH3 is 1. The lowest BCUT2D eigenvalue weighted by molar-refractivity contribution is -0.385. The van der Waals surface area contributed by atoms with Crippen LogP contribution < -0.4 is 4.74 Å². The van der Waals surface area contributed by atoms with E-state index in [1.54, 1.807) is 0 Å². The van der Waals surface area contributed by atoms with Crippen LogP contribution in [0.5, 0.6) is 5.75 Å². The van der Waals surface area contributed by atoms with Crippen molar-refractivity contribution >= 4 is 21.7 Å². The van der Waals surface area contributed by atoms with Gasteiger partial charge in [0.1, 0.15) is 0 Å². The number of nitro groups is 1. The predicted molar refractivity (Wildman–Crippen MR) is 75.3 cm³/mol. The van der Waals surface area contributed by atoms with E-state index in [2.05, 4.69) is 4.18 Å². The van der Waals surface area contributed by atoms with Crippen LogP contribution in [0.4, 0.5) is 5.69 Å². The second-order valence-electron chi connectivity index (χ2n) is 4.74. The van der Waals surface area contributed by atoms with Crippen molar-refractivity contribution < 1.29 is 27.1 Å². The van der Waals surface area contributed by atoms with Gasteiger partial charge >= 0.3 is 5.69 Å². The topological polar surface area (TPSA) is 116 Å². The normalized spacial score (nSPS) is 17.2. The van der Waals surface area contributed by atoms with Gasteiger partial charge in [0, 0.05) is 24.2 Å². The van der Waals surface area contributed by atoms with E-state index in [0.29, 0.717) is 6.54 Å². The summed E-state index contributed by atoms with van der Waals surface area (Å²) in [5.41, 5.74) is -0.00823. The van der Waals surface area contributed by atoms with Gasteiger partial charge in [0.25, 0.3) is 16.0 Å². The van der Waals surface area contributed by atoms with Gasteiger partial charge < -0.3 is 9.64 Å². The molecule has 1 atom stereocenters. The van der Waals surface area contributed by atoms with Gasteiger partial charge in [-0.1, -0.05) is 0 Å². The van der Waals surface area contributed by atoms with Crippen LogP contribution in [0.1, 0.15) is 10.4 Å². The third-order valence-corrected chi connectivity index (χ3v) is 3.64. The third kappa shape index (κ3) is 3.71. The number of nitrogens with zero attached hydrogens (tertiary/aromatic N) is 2. The minimum Gasteiger partial charge on any atom is -0.490 e. The lowest BCUT2D eigenvalue weighted by Gasteiger charge is -2.07. The number of ether oxygens (including phenoxy) is 1. The number of amides is 1. The first-order valence-electron chi connectivity index (χ1n) is 6.20. The minimum absolute atomic E-state index is 0.0124. The molecule has 1 amide bonds. The molecule has 0 aliphatic carbocycles.